The molecule has 0 saturated carbocycles. The van der Waals surface area contributed by atoms with E-state index in [0.29, 0.717) is 10.8 Å². The summed E-state index contributed by atoms with van der Waals surface area (Å²) in [6.07, 6.45) is 0. The summed E-state index contributed by atoms with van der Waals surface area (Å²) < 4.78 is 8.17. The molecule has 4 aromatic rings. The molecule has 0 atom stereocenters. The number of rotatable bonds is 5. The van der Waals surface area contributed by atoms with Gasteiger partial charge in [0.05, 0.1) is 11.3 Å². The molecule has 1 aromatic heterocycles. The second-order valence-electron chi connectivity index (χ2n) is 6.60. The molecule has 1 heterocycles. The molecule has 0 saturated heterocycles. The second-order valence-corrected chi connectivity index (χ2v) is 7.04. The number of carbonyl (C=O) groups is 1. The van der Waals surface area contributed by atoms with Crippen molar-refractivity contribution >= 4 is 17.6 Å². The lowest BCUT2D eigenvalue weighted by Crippen LogP contribution is -2.02. The largest absolute Gasteiger partial charge is 0.478 e. The van der Waals surface area contributed by atoms with E-state index in [2.05, 4.69) is 4.57 Å². The third-order valence-corrected chi connectivity index (χ3v) is 4.87. The lowest BCUT2D eigenvalue weighted by atomic mass is 10.1. The van der Waals surface area contributed by atoms with Gasteiger partial charge in [-0.2, -0.15) is 0 Å². The van der Waals surface area contributed by atoms with E-state index in [1.54, 1.807) is 30.3 Å². The van der Waals surface area contributed by atoms with Crippen molar-refractivity contribution in [2.24, 2.45) is 0 Å². The molecule has 0 fully saturated rings. The van der Waals surface area contributed by atoms with Crippen molar-refractivity contribution in [1.29, 1.82) is 0 Å². The molecule has 0 aliphatic carbocycles. The van der Waals surface area contributed by atoms with Gasteiger partial charge in [-0.1, -0.05) is 29.8 Å². The summed E-state index contributed by atoms with van der Waals surface area (Å²) in [5, 5.41) is 9.77. The number of benzene rings is 3. The summed E-state index contributed by atoms with van der Waals surface area (Å²) in [5.74, 6) is 0.466. The fourth-order valence-electron chi connectivity index (χ4n) is 3.25. The van der Waals surface area contributed by atoms with Crippen LogP contribution in [-0.4, -0.2) is 15.6 Å². The van der Waals surface area contributed by atoms with Crippen molar-refractivity contribution in [2.75, 3.05) is 0 Å². The molecule has 0 bridgehead atoms. The minimum absolute atomic E-state index is 0.246. The van der Waals surface area contributed by atoms with Gasteiger partial charge in [0.25, 0.3) is 0 Å². The first kappa shape index (κ1) is 18.8. The number of nitrogens with zero attached hydrogens (tertiary/aromatic N) is 1. The number of hydrogen-bond acceptors (Lipinski definition) is 2. The molecule has 144 valence electrons. The highest BCUT2D eigenvalue weighted by Gasteiger charge is 2.16. The van der Waals surface area contributed by atoms with Crippen molar-refractivity contribution in [2.45, 2.75) is 6.92 Å². The fourth-order valence-corrected chi connectivity index (χ4v) is 3.42. The number of carboxylic acid groups (broad SMARTS) is 1. The van der Waals surface area contributed by atoms with Crippen molar-refractivity contribution in [3.63, 3.8) is 0 Å². The second kappa shape index (κ2) is 7.86. The van der Waals surface area contributed by atoms with Crippen molar-refractivity contribution in [3.8, 4) is 28.4 Å². The Bertz CT molecular complexity index is 1160. The zero-order chi connectivity index (χ0) is 20.4. The molecule has 29 heavy (non-hydrogen) atoms. The molecule has 0 spiro atoms. The first-order chi connectivity index (χ1) is 14.0. The Kier molecular flexibility index (Phi) is 5.10. The van der Waals surface area contributed by atoms with Crippen molar-refractivity contribution < 1.29 is 14.6 Å². The molecule has 1 N–H and O–H groups in total. The van der Waals surface area contributed by atoms with Crippen LogP contribution < -0.4 is 4.74 Å². The van der Waals surface area contributed by atoms with Crippen LogP contribution in [0.2, 0.25) is 5.02 Å². The van der Waals surface area contributed by atoms with Crippen LogP contribution in [0.5, 0.6) is 11.5 Å². The van der Waals surface area contributed by atoms with Crippen LogP contribution in [-0.2, 0) is 0 Å². The minimum atomic E-state index is -0.950. The zero-order valence-electron chi connectivity index (χ0n) is 15.7. The minimum Gasteiger partial charge on any atom is -0.478 e. The Morgan fingerprint density at radius 2 is 1.66 bits per heavy atom. The van der Waals surface area contributed by atoms with Gasteiger partial charge < -0.3 is 14.4 Å². The summed E-state index contributed by atoms with van der Waals surface area (Å²) in [4.78, 5) is 11.2. The van der Waals surface area contributed by atoms with E-state index in [4.69, 9.17) is 21.4 Å². The maximum atomic E-state index is 11.2. The quantitative estimate of drug-likeness (QED) is 0.408. The van der Waals surface area contributed by atoms with Crippen LogP contribution in [0.25, 0.3) is 16.9 Å². The van der Waals surface area contributed by atoms with Crippen molar-refractivity contribution in [3.05, 3.63) is 101 Å². The molecule has 0 aliphatic rings. The number of halogens is 1. The van der Waals surface area contributed by atoms with Gasteiger partial charge in [-0.25, -0.2) is 4.79 Å². The van der Waals surface area contributed by atoms with Gasteiger partial charge in [0, 0.05) is 22.0 Å². The summed E-state index contributed by atoms with van der Waals surface area (Å²) in [6.45, 7) is 2.00. The van der Waals surface area contributed by atoms with Crippen LogP contribution in [0.1, 0.15) is 16.1 Å². The number of para-hydroxylation sites is 1. The van der Waals surface area contributed by atoms with Gasteiger partial charge in [-0.05, 0) is 73.7 Å². The molecule has 0 unspecified atom stereocenters. The van der Waals surface area contributed by atoms with Crippen LogP contribution in [0.3, 0.4) is 0 Å². The van der Waals surface area contributed by atoms with Gasteiger partial charge in [-0.3, -0.25) is 0 Å². The van der Waals surface area contributed by atoms with Crippen molar-refractivity contribution in [1.82, 2.24) is 4.57 Å². The summed E-state index contributed by atoms with van der Waals surface area (Å²) in [6, 6.07) is 25.9. The molecule has 0 aliphatic heterocycles. The Labute approximate surface area is 173 Å². The highest BCUT2D eigenvalue weighted by molar-refractivity contribution is 6.31. The number of carboxylic acids is 1. The first-order valence-electron chi connectivity index (χ1n) is 9.08. The predicted octanol–water partition coefficient (Wildman–Crippen LogP) is 6.60. The van der Waals surface area contributed by atoms with E-state index in [9.17, 15) is 4.79 Å². The topological polar surface area (TPSA) is 51.5 Å². The maximum absolute atomic E-state index is 11.2. The van der Waals surface area contributed by atoms with Gasteiger partial charge in [0.15, 0.2) is 0 Å². The summed E-state index contributed by atoms with van der Waals surface area (Å²) in [7, 11) is 0. The molecule has 5 heteroatoms. The number of aryl methyl sites for hydroxylation is 1. The molecule has 0 radical (unpaired) electrons. The Morgan fingerprint density at radius 3 is 2.34 bits per heavy atom. The Morgan fingerprint density at radius 1 is 0.931 bits per heavy atom. The smallest absolute Gasteiger partial charge is 0.335 e. The molecule has 4 rings (SSSR count). The molecule has 3 aromatic carbocycles. The van der Waals surface area contributed by atoms with Gasteiger partial charge in [-0.15, -0.1) is 0 Å². The molecule has 0 amide bonds. The highest BCUT2D eigenvalue weighted by atomic mass is 35.5. The fraction of sp³-hybridized carbons (Fsp3) is 0.0417. The number of aromatic carboxylic acids is 1. The van der Waals surface area contributed by atoms with Gasteiger partial charge in [0.2, 0.25) is 0 Å². The van der Waals surface area contributed by atoms with Crippen LogP contribution in [0.15, 0.2) is 84.9 Å². The van der Waals surface area contributed by atoms with Crippen LogP contribution in [0, 0.1) is 6.92 Å². The number of ether oxygens (including phenoxy) is 1. The van der Waals surface area contributed by atoms with E-state index < -0.39 is 5.97 Å². The van der Waals surface area contributed by atoms with E-state index in [1.807, 2.05) is 61.5 Å². The van der Waals surface area contributed by atoms with E-state index in [1.165, 1.54) is 0 Å². The maximum Gasteiger partial charge on any atom is 0.335 e. The van der Waals surface area contributed by atoms with E-state index in [0.717, 1.165) is 28.4 Å². The standard InChI is InChI=1S/C24H18ClNO3/c1-16-7-13-22(26(16)19-11-8-17(9-12-19)24(27)28)21-15-18(25)10-14-23(21)29-20-5-3-2-4-6-20/h2-15H,1H3,(H,27,28). The van der Waals surface area contributed by atoms with E-state index in [-0.39, 0.29) is 5.56 Å². The summed E-state index contributed by atoms with van der Waals surface area (Å²) in [5.41, 5.74) is 3.86. The van der Waals surface area contributed by atoms with Gasteiger partial charge in [0.1, 0.15) is 11.5 Å². The van der Waals surface area contributed by atoms with Crippen LogP contribution in [0.4, 0.5) is 0 Å². The number of aromatic nitrogens is 1. The zero-order valence-corrected chi connectivity index (χ0v) is 16.4. The highest BCUT2D eigenvalue weighted by Crippen LogP contribution is 2.37. The monoisotopic (exact) mass is 403 g/mol. The average molecular weight is 404 g/mol. The molecule has 4 nitrogen and oxygen atoms in total. The van der Waals surface area contributed by atoms with Crippen LogP contribution >= 0.6 is 11.6 Å². The predicted molar refractivity (Wildman–Crippen MR) is 114 cm³/mol. The summed E-state index contributed by atoms with van der Waals surface area (Å²) >= 11 is 6.30. The third kappa shape index (κ3) is 3.89. The van der Waals surface area contributed by atoms with Gasteiger partial charge >= 0.3 is 5.97 Å². The SMILES string of the molecule is Cc1ccc(-c2cc(Cl)ccc2Oc2ccccc2)n1-c1ccc(C(=O)O)cc1. The Hall–Kier alpha value is -3.50. The Balaban J connectivity index is 1.82. The van der Waals surface area contributed by atoms with E-state index >= 15 is 0 Å². The molecular formula is C24H18ClNO3. The third-order valence-electron chi connectivity index (χ3n) is 4.64. The number of hydrogen-bond donors (Lipinski definition) is 1. The first-order valence-corrected chi connectivity index (χ1v) is 9.45. The molecular weight excluding hydrogens is 386 g/mol. The average Bonchev–Trinajstić information content (AvgIpc) is 3.11. The lowest BCUT2D eigenvalue weighted by Gasteiger charge is -2.16. The normalized spacial score (nSPS) is 10.7. The lowest BCUT2D eigenvalue weighted by molar-refractivity contribution is 0.0697.